The molecule has 1 heterocycles. The van der Waals surface area contributed by atoms with E-state index < -0.39 is 0 Å². The second kappa shape index (κ2) is 9.77. The summed E-state index contributed by atoms with van der Waals surface area (Å²) >= 11 is 0. The Morgan fingerprint density at radius 2 is 0.972 bits per heavy atom. The van der Waals surface area contributed by atoms with Gasteiger partial charge in [0, 0.05) is 22.4 Å². The first-order valence-corrected chi connectivity index (χ1v) is 12.1. The maximum absolute atomic E-state index is 4.40. The molecule has 3 nitrogen and oxygen atoms in total. The largest absolute Gasteiger partial charge is 0.345 e. The highest BCUT2D eigenvalue weighted by molar-refractivity contribution is 6.15. The zero-order valence-corrected chi connectivity index (χ0v) is 19.8. The van der Waals surface area contributed by atoms with E-state index >= 15 is 0 Å². The van der Waals surface area contributed by atoms with Crippen LogP contribution in [0.25, 0.3) is 32.6 Å². The zero-order valence-electron chi connectivity index (χ0n) is 19.8. The summed E-state index contributed by atoms with van der Waals surface area (Å²) in [5.74, 6) is 0. The fraction of sp³-hybridized carbons (Fsp3) is 0. The predicted molar refractivity (Wildman–Crippen MR) is 152 cm³/mol. The molecule has 0 saturated heterocycles. The van der Waals surface area contributed by atoms with Gasteiger partial charge in [0.05, 0.1) is 17.4 Å². The van der Waals surface area contributed by atoms with Gasteiger partial charge in [0.25, 0.3) is 0 Å². The van der Waals surface area contributed by atoms with Crippen molar-refractivity contribution >= 4 is 49.6 Å². The summed E-state index contributed by atoms with van der Waals surface area (Å²) in [4.78, 5) is 9.80. The molecule has 36 heavy (non-hydrogen) atoms. The summed E-state index contributed by atoms with van der Waals surface area (Å²) in [6.07, 6.45) is 1.75. The van der Waals surface area contributed by atoms with Gasteiger partial charge in [-0.3, -0.25) is 0 Å². The van der Waals surface area contributed by atoms with Gasteiger partial charge in [-0.1, -0.05) is 97.1 Å². The van der Waals surface area contributed by atoms with E-state index in [0.29, 0.717) is 0 Å². The number of aromatic nitrogens is 2. The van der Waals surface area contributed by atoms with Gasteiger partial charge in [-0.25, -0.2) is 4.98 Å². The Bertz CT molecular complexity index is 1630. The molecular formula is C33H25N3. The number of nitrogens with one attached hydrogen (secondary N) is 1. The summed E-state index contributed by atoms with van der Waals surface area (Å²) in [6, 6.07) is 48.3. The highest BCUT2D eigenvalue weighted by atomic mass is 15.1. The lowest BCUT2D eigenvalue weighted by atomic mass is 10.0. The lowest BCUT2D eigenvalue weighted by Crippen LogP contribution is -2.09. The van der Waals surface area contributed by atoms with Gasteiger partial charge in [-0.05, 0) is 58.6 Å². The van der Waals surface area contributed by atoms with Crippen LogP contribution >= 0.6 is 0 Å². The third-order valence-electron chi connectivity index (χ3n) is 6.35. The molecule has 7 rings (SSSR count). The molecule has 0 unspecified atom stereocenters. The number of aromatic amines is 1. The van der Waals surface area contributed by atoms with Crippen molar-refractivity contribution in [3.8, 4) is 0 Å². The van der Waals surface area contributed by atoms with E-state index in [1.807, 2.05) is 18.2 Å². The van der Waals surface area contributed by atoms with Gasteiger partial charge in [0.1, 0.15) is 0 Å². The van der Waals surface area contributed by atoms with Gasteiger partial charge in [-0.15, -0.1) is 0 Å². The average Bonchev–Trinajstić information content (AvgIpc) is 3.45. The van der Waals surface area contributed by atoms with Crippen LogP contribution in [0.3, 0.4) is 0 Å². The molecule has 0 aliphatic carbocycles. The van der Waals surface area contributed by atoms with Crippen LogP contribution in [-0.4, -0.2) is 9.97 Å². The van der Waals surface area contributed by atoms with E-state index in [9.17, 15) is 0 Å². The minimum absolute atomic E-state index is 1.05. The molecule has 3 heteroatoms. The minimum Gasteiger partial charge on any atom is -0.345 e. The summed E-state index contributed by atoms with van der Waals surface area (Å²) in [7, 11) is 0. The van der Waals surface area contributed by atoms with E-state index in [1.165, 1.54) is 38.6 Å². The van der Waals surface area contributed by atoms with Crippen LogP contribution in [0.2, 0.25) is 0 Å². The van der Waals surface area contributed by atoms with E-state index in [2.05, 4.69) is 136 Å². The molecule has 0 amide bonds. The van der Waals surface area contributed by atoms with Crippen molar-refractivity contribution in [1.82, 2.24) is 9.97 Å². The van der Waals surface area contributed by atoms with Crippen LogP contribution in [0.5, 0.6) is 0 Å². The SMILES string of the molecule is c1ccc(N(c2ccccc2)c2ccccc2)cc1.c1ccc2c(c1)ccc1c2ccc2[nH]cnc21. The van der Waals surface area contributed by atoms with Crippen molar-refractivity contribution in [2.24, 2.45) is 0 Å². The lowest BCUT2D eigenvalue weighted by molar-refractivity contribution is 1.28. The van der Waals surface area contributed by atoms with Crippen molar-refractivity contribution in [3.63, 3.8) is 0 Å². The zero-order chi connectivity index (χ0) is 24.2. The van der Waals surface area contributed by atoms with Crippen molar-refractivity contribution in [1.29, 1.82) is 0 Å². The van der Waals surface area contributed by atoms with Crippen molar-refractivity contribution < 1.29 is 0 Å². The summed E-state index contributed by atoms with van der Waals surface area (Å²) in [6.45, 7) is 0. The first kappa shape index (κ1) is 21.6. The monoisotopic (exact) mass is 463 g/mol. The van der Waals surface area contributed by atoms with Gasteiger partial charge in [0.15, 0.2) is 0 Å². The second-order valence-corrected chi connectivity index (χ2v) is 8.59. The number of nitrogens with zero attached hydrogens (tertiary/aromatic N) is 2. The normalized spacial score (nSPS) is 10.8. The van der Waals surface area contributed by atoms with Crippen LogP contribution in [0.4, 0.5) is 17.1 Å². The van der Waals surface area contributed by atoms with Crippen LogP contribution in [0, 0.1) is 0 Å². The molecule has 0 bridgehead atoms. The highest BCUT2D eigenvalue weighted by Crippen LogP contribution is 2.33. The van der Waals surface area contributed by atoms with E-state index in [4.69, 9.17) is 0 Å². The third kappa shape index (κ3) is 4.19. The Morgan fingerprint density at radius 3 is 1.58 bits per heavy atom. The molecule has 0 aliphatic heterocycles. The highest BCUT2D eigenvalue weighted by Gasteiger charge is 2.10. The number of hydrogen-bond donors (Lipinski definition) is 1. The molecular weight excluding hydrogens is 438 g/mol. The third-order valence-corrected chi connectivity index (χ3v) is 6.35. The number of para-hydroxylation sites is 3. The van der Waals surface area contributed by atoms with Crippen LogP contribution < -0.4 is 4.90 Å². The van der Waals surface area contributed by atoms with Crippen molar-refractivity contribution in [2.75, 3.05) is 4.90 Å². The fourth-order valence-corrected chi connectivity index (χ4v) is 4.67. The van der Waals surface area contributed by atoms with E-state index in [0.717, 1.165) is 11.0 Å². The van der Waals surface area contributed by atoms with E-state index in [-0.39, 0.29) is 0 Å². The molecule has 0 fully saturated rings. The van der Waals surface area contributed by atoms with E-state index in [1.54, 1.807) is 6.33 Å². The number of hydrogen-bond acceptors (Lipinski definition) is 2. The van der Waals surface area contributed by atoms with Crippen LogP contribution in [-0.2, 0) is 0 Å². The maximum Gasteiger partial charge on any atom is 0.0961 e. The van der Waals surface area contributed by atoms with Gasteiger partial charge in [0.2, 0.25) is 0 Å². The lowest BCUT2D eigenvalue weighted by Gasteiger charge is -2.25. The smallest absolute Gasteiger partial charge is 0.0961 e. The molecule has 172 valence electrons. The number of rotatable bonds is 3. The Balaban J connectivity index is 0.000000134. The quantitative estimate of drug-likeness (QED) is 0.265. The van der Waals surface area contributed by atoms with Crippen molar-refractivity contribution in [3.05, 3.63) is 146 Å². The Hall–Kier alpha value is -4.89. The molecule has 1 N–H and O–H groups in total. The molecule has 0 radical (unpaired) electrons. The van der Waals surface area contributed by atoms with Gasteiger partial charge >= 0.3 is 0 Å². The standard InChI is InChI=1S/C18H15N.C15H10N2/c1-4-10-16(11-5-1)19(17-12-6-2-7-13-17)18-14-8-3-9-15-18;1-2-4-11-10(3-1)5-6-13-12(11)7-8-14-15(13)17-9-16-14/h1-15H;1-9H,(H,16,17). The first-order chi connectivity index (χ1) is 17.9. The summed E-state index contributed by atoms with van der Waals surface area (Å²) in [5.41, 5.74) is 5.64. The predicted octanol–water partition coefficient (Wildman–Crippen LogP) is 9.03. The number of fused-ring (bicyclic) bond motifs is 5. The molecule has 0 spiro atoms. The summed E-state index contributed by atoms with van der Waals surface area (Å²) in [5, 5.41) is 5.04. The van der Waals surface area contributed by atoms with Crippen LogP contribution in [0.15, 0.2) is 146 Å². The Kier molecular flexibility index (Phi) is 5.87. The summed E-state index contributed by atoms with van der Waals surface area (Å²) < 4.78 is 0. The minimum atomic E-state index is 1.05. The number of benzene rings is 6. The Morgan fingerprint density at radius 1 is 0.444 bits per heavy atom. The van der Waals surface area contributed by atoms with Crippen molar-refractivity contribution in [2.45, 2.75) is 0 Å². The molecule has 7 aromatic rings. The molecule has 0 aliphatic rings. The van der Waals surface area contributed by atoms with Gasteiger partial charge < -0.3 is 9.88 Å². The molecule has 6 aromatic carbocycles. The number of imidazole rings is 1. The fourth-order valence-electron chi connectivity index (χ4n) is 4.67. The second-order valence-electron chi connectivity index (χ2n) is 8.59. The first-order valence-electron chi connectivity index (χ1n) is 12.1. The van der Waals surface area contributed by atoms with Crippen LogP contribution in [0.1, 0.15) is 0 Å². The molecule has 0 atom stereocenters. The number of anilines is 3. The Labute approximate surface area is 210 Å². The average molecular weight is 464 g/mol. The number of H-pyrrole nitrogens is 1. The molecule has 0 saturated carbocycles. The topological polar surface area (TPSA) is 31.9 Å². The maximum atomic E-state index is 4.40. The molecule has 1 aromatic heterocycles. The van der Waals surface area contributed by atoms with Gasteiger partial charge in [-0.2, -0.15) is 0 Å².